The van der Waals surface area contributed by atoms with E-state index in [1.807, 2.05) is 42.1 Å². The standard InChI is InChI=1S/C25H23BrN2O2S2/c26-17-6-4-5-14(12-17)21-20-15-9-10-16(11-15)22(20)31-24-23(21)32-25(30)28(24)13-19(29)27-18-7-2-1-3-8-18/h1-8,12,15-16,20-22H,9-11,13H2,(H,27,29)/t15?,16?,20?,21-,22?/m1/s1. The van der Waals surface area contributed by atoms with Crippen LogP contribution < -0.4 is 10.2 Å². The summed E-state index contributed by atoms with van der Waals surface area (Å²) >= 11 is 6.86. The topological polar surface area (TPSA) is 51.1 Å². The molecule has 1 aromatic heterocycles. The number of fused-ring (bicyclic) bond motifs is 6. The number of hydrogen-bond acceptors (Lipinski definition) is 4. The molecule has 6 rings (SSSR count). The van der Waals surface area contributed by atoms with Crippen molar-refractivity contribution in [2.24, 2.45) is 17.8 Å². The van der Waals surface area contributed by atoms with Crippen molar-refractivity contribution in [1.29, 1.82) is 0 Å². The van der Waals surface area contributed by atoms with E-state index in [0.717, 1.165) is 31.9 Å². The van der Waals surface area contributed by atoms with E-state index in [9.17, 15) is 9.59 Å². The van der Waals surface area contributed by atoms with E-state index in [4.69, 9.17) is 0 Å². The van der Waals surface area contributed by atoms with Gasteiger partial charge in [-0.1, -0.05) is 57.6 Å². The molecule has 2 aliphatic carbocycles. The highest BCUT2D eigenvalue weighted by Gasteiger charge is 2.55. The zero-order valence-electron chi connectivity index (χ0n) is 17.4. The summed E-state index contributed by atoms with van der Waals surface area (Å²) in [4.78, 5) is 27.0. The predicted octanol–water partition coefficient (Wildman–Crippen LogP) is 5.96. The van der Waals surface area contributed by atoms with Gasteiger partial charge in [-0.2, -0.15) is 0 Å². The third-order valence-electron chi connectivity index (χ3n) is 7.26. The fraction of sp³-hybridized carbons (Fsp3) is 0.360. The Hall–Kier alpha value is -1.83. The smallest absolute Gasteiger partial charge is 0.308 e. The molecular formula is C25H23BrN2O2S2. The number of rotatable bonds is 4. The molecule has 0 spiro atoms. The molecule has 1 aliphatic heterocycles. The van der Waals surface area contributed by atoms with Crippen LogP contribution in [0.4, 0.5) is 5.69 Å². The largest absolute Gasteiger partial charge is 0.325 e. The monoisotopic (exact) mass is 526 g/mol. The van der Waals surface area contributed by atoms with E-state index in [2.05, 4.69) is 45.5 Å². The number of carbonyl (C=O) groups is 1. The molecule has 0 saturated heterocycles. The second kappa shape index (κ2) is 8.19. The van der Waals surface area contributed by atoms with Crippen molar-refractivity contribution >= 4 is 50.6 Å². The van der Waals surface area contributed by atoms with Crippen LogP contribution in [0, 0.1) is 17.8 Å². The first-order chi connectivity index (χ1) is 15.6. The van der Waals surface area contributed by atoms with Crippen LogP contribution in [0.5, 0.6) is 0 Å². The van der Waals surface area contributed by atoms with E-state index in [-0.39, 0.29) is 23.2 Å². The molecule has 2 bridgehead atoms. The number of nitrogens with zero attached hydrogens (tertiary/aromatic N) is 1. The van der Waals surface area contributed by atoms with Crippen LogP contribution in [0.2, 0.25) is 0 Å². The second-order valence-corrected chi connectivity index (χ2v) is 12.1. The summed E-state index contributed by atoms with van der Waals surface area (Å²) in [6, 6.07) is 18.0. The lowest BCUT2D eigenvalue weighted by Gasteiger charge is -2.40. The third kappa shape index (κ3) is 3.49. The maximum atomic E-state index is 13.1. The Labute approximate surface area is 203 Å². The summed E-state index contributed by atoms with van der Waals surface area (Å²) in [7, 11) is 0. The zero-order chi connectivity index (χ0) is 21.8. The molecule has 4 nitrogen and oxygen atoms in total. The number of thioether (sulfide) groups is 1. The van der Waals surface area contributed by atoms with Gasteiger partial charge in [0, 0.05) is 26.2 Å². The number of thiazole rings is 1. The molecule has 164 valence electrons. The van der Waals surface area contributed by atoms with Crippen molar-refractivity contribution in [3.05, 3.63) is 79.2 Å². The molecule has 3 aromatic rings. The van der Waals surface area contributed by atoms with Crippen LogP contribution in [-0.4, -0.2) is 15.7 Å². The quantitative estimate of drug-likeness (QED) is 0.456. The minimum Gasteiger partial charge on any atom is -0.325 e. The Morgan fingerprint density at radius 1 is 1.09 bits per heavy atom. The van der Waals surface area contributed by atoms with Crippen LogP contribution in [0.25, 0.3) is 0 Å². The molecular weight excluding hydrogens is 504 g/mol. The van der Waals surface area contributed by atoms with Gasteiger partial charge in [0.05, 0.1) is 5.03 Å². The Kier molecular flexibility index (Phi) is 5.31. The lowest BCUT2D eigenvalue weighted by Crippen LogP contribution is -2.34. The first-order valence-corrected chi connectivity index (χ1v) is 13.6. The molecule has 2 fully saturated rings. The lowest BCUT2D eigenvalue weighted by atomic mass is 9.75. The number of para-hydroxylation sites is 1. The van der Waals surface area contributed by atoms with Crippen molar-refractivity contribution in [1.82, 2.24) is 4.57 Å². The fourth-order valence-electron chi connectivity index (χ4n) is 6.03. The van der Waals surface area contributed by atoms with Crippen LogP contribution in [0.1, 0.15) is 35.6 Å². The van der Waals surface area contributed by atoms with Crippen molar-refractivity contribution in [3.8, 4) is 0 Å². The highest BCUT2D eigenvalue weighted by atomic mass is 79.9. The van der Waals surface area contributed by atoms with Gasteiger partial charge in [0.15, 0.2) is 0 Å². The molecule has 4 unspecified atom stereocenters. The number of nitrogens with one attached hydrogen (secondary N) is 1. The molecule has 7 heteroatoms. The number of hydrogen-bond donors (Lipinski definition) is 1. The van der Waals surface area contributed by atoms with E-state index in [0.29, 0.717) is 11.2 Å². The van der Waals surface area contributed by atoms with Crippen LogP contribution in [0.15, 0.2) is 68.9 Å². The van der Waals surface area contributed by atoms with Gasteiger partial charge >= 0.3 is 4.87 Å². The van der Waals surface area contributed by atoms with E-state index in [1.165, 1.54) is 36.2 Å². The Morgan fingerprint density at radius 2 is 1.91 bits per heavy atom. The lowest BCUT2D eigenvalue weighted by molar-refractivity contribution is -0.116. The van der Waals surface area contributed by atoms with Crippen molar-refractivity contribution in [3.63, 3.8) is 0 Å². The zero-order valence-corrected chi connectivity index (χ0v) is 20.6. The summed E-state index contributed by atoms with van der Waals surface area (Å²) in [6.45, 7) is 0.0588. The summed E-state index contributed by atoms with van der Waals surface area (Å²) in [5.41, 5.74) is 2.04. The highest BCUT2D eigenvalue weighted by molar-refractivity contribution is 9.10. The van der Waals surface area contributed by atoms with Crippen LogP contribution >= 0.6 is 39.0 Å². The number of halogens is 1. The van der Waals surface area contributed by atoms with Crippen molar-refractivity contribution in [2.75, 3.05) is 5.32 Å². The van der Waals surface area contributed by atoms with Gasteiger partial charge < -0.3 is 5.32 Å². The van der Waals surface area contributed by atoms with Crippen molar-refractivity contribution in [2.45, 2.75) is 42.0 Å². The van der Waals surface area contributed by atoms with Gasteiger partial charge in [0.1, 0.15) is 6.54 Å². The van der Waals surface area contributed by atoms with Gasteiger partial charge in [-0.3, -0.25) is 14.2 Å². The molecule has 1 N–H and O–H groups in total. The number of benzene rings is 2. The Balaban J connectivity index is 1.39. The normalized spacial score (nSPS) is 27.7. The van der Waals surface area contributed by atoms with E-state index >= 15 is 0 Å². The number of anilines is 1. The second-order valence-electron chi connectivity index (χ2n) is 9.06. The average Bonchev–Trinajstić information content (AvgIpc) is 3.47. The van der Waals surface area contributed by atoms with E-state index in [1.54, 1.807) is 4.57 Å². The molecule has 2 aromatic carbocycles. The predicted molar refractivity (Wildman–Crippen MR) is 134 cm³/mol. The van der Waals surface area contributed by atoms with Gasteiger partial charge in [-0.25, -0.2) is 0 Å². The molecule has 2 heterocycles. The molecule has 1 amide bonds. The third-order valence-corrected chi connectivity index (χ3v) is 10.6. The minimum absolute atomic E-state index is 0.0296. The minimum atomic E-state index is -0.159. The SMILES string of the molecule is O=C(Cn1c2c(sc1=O)[C@H](c1cccc(Br)c1)C1C3CCC(C3)C1S2)Nc1ccccc1. The maximum Gasteiger partial charge on any atom is 0.308 e. The van der Waals surface area contributed by atoms with Gasteiger partial charge in [-0.15, -0.1) is 11.8 Å². The number of aromatic nitrogens is 1. The maximum absolute atomic E-state index is 13.1. The molecule has 2 saturated carbocycles. The highest BCUT2D eigenvalue weighted by Crippen LogP contribution is 2.64. The van der Waals surface area contributed by atoms with Gasteiger partial charge in [0.2, 0.25) is 5.91 Å². The summed E-state index contributed by atoms with van der Waals surface area (Å²) in [5, 5.41) is 4.47. The van der Waals surface area contributed by atoms with Crippen LogP contribution in [0.3, 0.4) is 0 Å². The van der Waals surface area contributed by atoms with E-state index < -0.39 is 0 Å². The Bertz CT molecular complexity index is 1240. The van der Waals surface area contributed by atoms with Gasteiger partial charge in [0.25, 0.3) is 0 Å². The molecule has 5 atom stereocenters. The summed E-state index contributed by atoms with van der Waals surface area (Å²) in [6.07, 6.45) is 3.91. The molecule has 0 radical (unpaired) electrons. The molecule has 32 heavy (non-hydrogen) atoms. The summed E-state index contributed by atoms with van der Waals surface area (Å²) in [5.74, 6) is 2.11. The van der Waals surface area contributed by atoms with Crippen LogP contribution in [-0.2, 0) is 11.3 Å². The molecule has 3 aliphatic rings. The first kappa shape index (κ1) is 20.8. The Morgan fingerprint density at radius 3 is 2.72 bits per heavy atom. The number of amides is 1. The van der Waals surface area contributed by atoms with Gasteiger partial charge in [-0.05, 0) is 66.8 Å². The number of carbonyl (C=O) groups excluding carboxylic acids is 1. The summed E-state index contributed by atoms with van der Waals surface area (Å²) < 4.78 is 2.79. The average molecular weight is 528 g/mol. The first-order valence-electron chi connectivity index (χ1n) is 11.1. The van der Waals surface area contributed by atoms with Crippen molar-refractivity contribution < 1.29 is 4.79 Å². The fourth-order valence-corrected chi connectivity index (χ4v) is 9.59.